The summed E-state index contributed by atoms with van der Waals surface area (Å²) in [5.41, 5.74) is 2.49. The van der Waals surface area contributed by atoms with Gasteiger partial charge in [-0.25, -0.2) is 0 Å². The molecule has 0 radical (unpaired) electrons. The van der Waals surface area contributed by atoms with Gasteiger partial charge in [-0.2, -0.15) is 0 Å². The highest BCUT2D eigenvalue weighted by Crippen LogP contribution is 2.14. The molecule has 158 valence electrons. The molecule has 0 bridgehead atoms. The summed E-state index contributed by atoms with van der Waals surface area (Å²) in [7, 11) is 0. The number of carbonyl (C=O) groups is 1. The maximum absolute atomic E-state index is 10.4. The molecular weight excluding hydrogens is 366 g/mol. The summed E-state index contributed by atoms with van der Waals surface area (Å²) in [4.78, 5) is 10.4. The van der Waals surface area contributed by atoms with Crippen LogP contribution < -0.4 is 10.1 Å². The highest BCUT2D eigenvalue weighted by molar-refractivity contribution is 5.66. The van der Waals surface area contributed by atoms with Crippen molar-refractivity contribution in [1.29, 1.82) is 0 Å². The number of benzene rings is 2. The normalized spacial score (nSPS) is 10.8. The van der Waals surface area contributed by atoms with Gasteiger partial charge in [0.05, 0.1) is 19.6 Å². The minimum absolute atomic E-state index is 0.173. The third kappa shape index (κ3) is 11.3. The molecule has 0 unspecified atom stereocenters. The second-order valence-corrected chi connectivity index (χ2v) is 7.09. The van der Waals surface area contributed by atoms with Crippen molar-refractivity contribution in [3.8, 4) is 5.75 Å². The van der Waals surface area contributed by atoms with Crippen LogP contribution in [0.15, 0.2) is 54.6 Å². The number of hydrogen-bond donors (Lipinski definition) is 2. The highest BCUT2D eigenvalue weighted by atomic mass is 16.5. The molecule has 0 aliphatic rings. The van der Waals surface area contributed by atoms with E-state index in [1.165, 1.54) is 11.1 Å². The van der Waals surface area contributed by atoms with Crippen LogP contribution in [0.4, 0.5) is 0 Å². The molecule has 2 rings (SSSR count). The number of carboxylic acid groups (broad SMARTS) is 1. The Morgan fingerprint density at radius 1 is 0.828 bits per heavy atom. The van der Waals surface area contributed by atoms with Crippen molar-refractivity contribution in [3.05, 3.63) is 65.7 Å². The van der Waals surface area contributed by atoms with Crippen LogP contribution in [-0.4, -0.2) is 37.4 Å². The van der Waals surface area contributed by atoms with Gasteiger partial charge in [0, 0.05) is 13.2 Å². The molecule has 0 aromatic heterocycles. The van der Waals surface area contributed by atoms with Gasteiger partial charge in [-0.1, -0.05) is 42.5 Å². The van der Waals surface area contributed by atoms with E-state index in [0.717, 1.165) is 57.6 Å². The molecule has 5 nitrogen and oxygen atoms in total. The van der Waals surface area contributed by atoms with Gasteiger partial charge in [0.1, 0.15) is 5.75 Å². The molecule has 0 aliphatic heterocycles. The van der Waals surface area contributed by atoms with Crippen molar-refractivity contribution in [3.63, 3.8) is 0 Å². The predicted molar refractivity (Wildman–Crippen MR) is 115 cm³/mol. The second-order valence-electron chi connectivity index (χ2n) is 7.09. The summed E-state index contributed by atoms with van der Waals surface area (Å²) in [5, 5.41) is 11.7. The molecular formula is C24H33NO4. The average molecular weight is 400 g/mol. The number of ether oxygens (including phenoxy) is 2. The van der Waals surface area contributed by atoms with Crippen LogP contribution in [0.3, 0.4) is 0 Å². The average Bonchev–Trinajstić information content (AvgIpc) is 2.74. The lowest BCUT2D eigenvalue weighted by atomic mass is 10.1. The fourth-order valence-electron chi connectivity index (χ4n) is 2.93. The molecule has 2 aromatic rings. The van der Waals surface area contributed by atoms with Crippen LogP contribution in [0.2, 0.25) is 0 Å². The molecule has 0 aliphatic carbocycles. The summed E-state index contributed by atoms with van der Waals surface area (Å²) in [6.07, 6.45) is 5.32. The second kappa shape index (κ2) is 14.6. The maximum atomic E-state index is 10.4. The zero-order valence-electron chi connectivity index (χ0n) is 17.1. The van der Waals surface area contributed by atoms with Crippen molar-refractivity contribution in [2.75, 3.05) is 26.3 Å². The van der Waals surface area contributed by atoms with Crippen LogP contribution in [0, 0.1) is 0 Å². The van der Waals surface area contributed by atoms with Crippen molar-refractivity contribution >= 4 is 5.97 Å². The fraction of sp³-hybridized carbons (Fsp3) is 0.458. The fourth-order valence-corrected chi connectivity index (χ4v) is 2.93. The molecule has 0 saturated heterocycles. The van der Waals surface area contributed by atoms with E-state index in [-0.39, 0.29) is 6.42 Å². The largest absolute Gasteiger partial charge is 0.494 e. The summed E-state index contributed by atoms with van der Waals surface area (Å²) in [6, 6.07) is 18.5. The van der Waals surface area contributed by atoms with Crippen molar-refractivity contribution in [1.82, 2.24) is 5.32 Å². The standard InChI is InChI=1S/C24H33NO4/c26-24(27)15-17-25-16-7-10-21-11-13-23(14-12-21)29-19-6-2-5-18-28-20-22-8-3-1-4-9-22/h1,3-4,8-9,11-14,25H,2,5-7,10,15-20H2,(H,26,27). The molecule has 0 spiro atoms. The van der Waals surface area contributed by atoms with Crippen LogP contribution in [-0.2, 0) is 22.6 Å². The number of aliphatic carboxylic acids is 1. The van der Waals surface area contributed by atoms with E-state index in [4.69, 9.17) is 14.6 Å². The van der Waals surface area contributed by atoms with E-state index < -0.39 is 5.97 Å². The van der Waals surface area contributed by atoms with Gasteiger partial charge in [0.15, 0.2) is 0 Å². The zero-order valence-corrected chi connectivity index (χ0v) is 17.1. The molecule has 0 fully saturated rings. The summed E-state index contributed by atoms with van der Waals surface area (Å²) in [6.45, 7) is 3.56. The first-order chi connectivity index (χ1) is 14.2. The van der Waals surface area contributed by atoms with Gasteiger partial charge in [0.2, 0.25) is 0 Å². The summed E-state index contributed by atoms with van der Waals surface area (Å²) in [5.74, 6) is 0.151. The Balaban J connectivity index is 1.44. The molecule has 29 heavy (non-hydrogen) atoms. The Hall–Kier alpha value is -2.37. The molecule has 5 heteroatoms. The zero-order chi connectivity index (χ0) is 20.6. The lowest BCUT2D eigenvalue weighted by Gasteiger charge is -2.08. The number of nitrogens with one attached hydrogen (secondary N) is 1. The van der Waals surface area contributed by atoms with Crippen LogP contribution in [0.5, 0.6) is 5.75 Å². The molecule has 2 aromatic carbocycles. The van der Waals surface area contributed by atoms with Gasteiger partial charge in [-0.05, 0) is 61.9 Å². The Labute approximate surface area is 174 Å². The van der Waals surface area contributed by atoms with Gasteiger partial charge < -0.3 is 19.9 Å². The van der Waals surface area contributed by atoms with E-state index in [9.17, 15) is 4.79 Å². The molecule has 0 amide bonds. The lowest BCUT2D eigenvalue weighted by Crippen LogP contribution is -2.19. The highest BCUT2D eigenvalue weighted by Gasteiger charge is 1.99. The summed E-state index contributed by atoms with van der Waals surface area (Å²) >= 11 is 0. The number of unbranched alkanes of at least 4 members (excludes halogenated alkanes) is 2. The third-order valence-electron chi connectivity index (χ3n) is 4.57. The first kappa shape index (κ1) is 22.9. The van der Waals surface area contributed by atoms with Crippen LogP contribution in [0.1, 0.15) is 43.2 Å². The Bertz CT molecular complexity index is 673. The van der Waals surface area contributed by atoms with Gasteiger partial charge in [0.25, 0.3) is 0 Å². The van der Waals surface area contributed by atoms with E-state index in [1.807, 2.05) is 30.3 Å². The Morgan fingerprint density at radius 3 is 2.34 bits per heavy atom. The number of carboxylic acids is 1. The van der Waals surface area contributed by atoms with E-state index in [1.54, 1.807) is 0 Å². The molecule has 2 N–H and O–H groups in total. The van der Waals surface area contributed by atoms with Crippen molar-refractivity contribution in [2.45, 2.75) is 45.1 Å². The minimum Gasteiger partial charge on any atom is -0.494 e. The smallest absolute Gasteiger partial charge is 0.304 e. The quantitative estimate of drug-likeness (QED) is 0.408. The SMILES string of the molecule is O=C(O)CCNCCCc1ccc(OCCCCCOCc2ccccc2)cc1. The van der Waals surface area contributed by atoms with E-state index >= 15 is 0 Å². The van der Waals surface area contributed by atoms with Gasteiger partial charge in [-0.15, -0.1) is 0 Å². The summed E-state index contributed by atoms with van der Waals surface area (Å²) < 4.78 is 11.5. The Morgan fingerprint density at radius 2 is 1.59 bits per heavy atom. The van der Waals surface area contributed by atoms with E-state index in [2.05, 4.69) is 29.6 Å². The number of hydrogen-bond acceptors (Lipinski definition) is 4. The monoisotopic (exact) mass is 399 g/mol. The van der Waals surface area contributed by atoms with Gasteiger partial charge in [-0.3, -0.25) is 4.79 Å². The topological polar surface area (TPSA) is 67.8 Å². The predicted octanol–water partition coefficient (Wildman–Crippen LogP) is 4.45. The van der Waals surface area contributed by atoms with E-state index in [0.29, 0.717) is 13.2 Å². The number of rotatable bonds is 16. The Kier molecular flexibility index (Phi) is 11.5. The molecule has 0 saturated carbocycles. The number of aryl methyl sites for hydroxylation is 1. The van der Waals surface area contributed by atoms with Crippen LogP contribution >= 0.6 is 0 Å². The first-order valence-corrected chi connectivity index (χ1v) is 10.5. The maximum Gasteiger partial charge on any atom is 0.304 e. The lowest BCUT2D eigenvalue weighted by molar-refractivity contribution is -0.136. The van der Waals surface area contributed by atoms with Crippen molar-refractivity contribution in [2.24, 2.45) is 0 Å². The van der Waals surface area contributed by atoms with Gasteiger partial charge >= 0.3 is 5.97 Å². The first-order valence-electron chi connectivity index (χ1n) is 10.5. The minimum atomic E-state index is -0.760. The third-order valence-corrected chi connectivity index (χ3v) is 4.57. The van der Waals surface area contributed by atoms with Crippen LogP contribution in [0.25, 0.3) is 0 Å². The van der Waals surface area contributed by atoms with Crippen molar-refractivity contribution < 1.29 is 19.4 Å². The molecule has 0 atom stereocenters. The molecule has 0 heterocycles.